The van der Waals surface area contributed by atoms with Crippen LogP contribution < -0.4 is 5.32 Å². The predicted molar refractivity (Wildman–Crippen MR) is 87.2 cm³/mol. The Labute approximate surface area is 138 Å². The molecule has 0 radical (unpaired) electrons. The maximum absolute atomic E-state index is 12.6. The quantitative estimate of drug-likeness (QED) is 0.934. The van der Waals surface area contributed by atoms with Crippen LogP contribution in [0.1, 0.15) is 16.5 Å². The molecule has 2 unspecified atom stereocenters. The molecule has 2 atom stereocenters. The number of nitrogens with zero attached hydrogens (tertiary/aromatic N) is 2. The van der Waals surface area contributed by atoms with Crippen LogP contribution in [0.5, 0.6) is 0 Å². The van der Waals surface area contributed by atoms with Gasteiger partial charge in [-0.05, 0) is 12.5 Å². The van der Waals surface area contributed by atoms with Gasteiger partial charge in [-0.15, -0.1) is 11.3 Å². The number of aromatic nitrogens is 1. The van der Waals surface area contributed by atoms with Crippen LogP contribution in [0, 0.1) is 6.92 Å². The van der Waals surface area contributed by atoms with Gasteiger partial charge in [0.2, 0.25) is 5.91 Å². The molecule has 7 heteroatoms. The molecule has 1 aliphatic heterocycles. The maximum atomic E-state index is 12.6. The molecule has 1 saturated heterocycles. The molecule has 1 aliphatic rings. The van der Waals surface area contributed by atoms with Crippen molar-refractivity contribution in [1.82, 2.24) is 9.88 Å². The molecule has 2 heterocycles. The molecule has 0 spiro atoms. The van der Waals surface area contributed by atoms with E-state index in [2.05, 4.69) is 10.3 Å². The number of anilines is 1. The van der Waals surface area contributed by atoms with Gasteiger partial charge in [0.1, 0.15) is 6.61 Å². The molecular formula is C16H17N3O3S. The number of carbonyl (C=O) groups excluding carboxylic acids is 2. The van der Waals surface area contributed by atoms with Crippen molar-refractivity contribution in [2.24, 2.45) is 0 Å². The number of thiazole rings is 1. The van der Waals surface area contributed by atoms with Gasteiger partial charge >= 0.3 is 0 Å². The minimum atomic E-state index is -0.774. The Bertz CT molecular complexity index is 716. The summed E-state index contributed by atoms with van der Waals surface area (Å²) in [4.78, 5) is 31.3. The molecule has 23 heavy (non-hydrogen) atoms. The Kier molecular flexibility index (Phi) is 4.40. The highest BCUT2D eigenvalue weighted by Crippen LogP contribution is 2.30. The second-order valence-corrected chi connectivity index (χ2v) is 6.59. The molecule has 0 saturated carbocycles. The zero-order valence-corrected chi connectivity index (χ0v) is 13.7. The average molecular weight is 331 g/mol. The molecule has 120 valence electrons. The Morgan fingerprint density at radius 1 is 1.39 bits per heavy atom. The smallest absolute Gasteiger partial charge is 0.257 e. The number of morpholine rings is 1. The number of aryl methyl sites for hydroxylation is 1. The highest BCUT2D eigenvalue weighted by Gasteiger charge is 2.40. The molecule has 2 aromatic rings. The van der Waals surface area contributed by atoms with Gasteiger partial charge in [0.05, 0.1) is 6.04 Å². The Hall–Kier alpha value is -2.25. The topological polar surface area (TPSA) is 71.5 Å². The lowest BCUT2D eigenvalue weighted by Crippen LogP contribution is -2.51. The summed E-state index contributed by atoms with van der Waals surface area (Å²) in [6, 6.07) is 8.96. The van der Waals surface area contributed by atoms with E-state index in [1.165, 1.54) is 11.3 Å². The second kappa shape index (κ2) is 6.47. The van der Waals surface area contributed by atoms with E-state index in [9.17, 15) is 9.59 Å². The fourth-order valence-corrected chi connectivity index (χ4v) is 3.24. The van der Waals surface area contributed by atoms with E-state index < -0.39 is 12.1 Å². The van der Waals surface area contributed by atoms with Gasteiger partial charge in [0, 0.05) is 18.1 Å². The molecule has 1 fully saturated rings. The highest BCUT2D eigenvalue weighted by atomic mass is 32.1. The van der Waals surface area contributed by atoms with E-state index >= 15 is 0 Å². The SMILES string of the molecule is Cc1cnc(NC(=O)C2OCC(=O)N(C)C2c2ccccc2)s1. The number of carbonyl (C=O) groups is 2. The van der Waals surface area contributed by atoms with Gasteiger partial charge in [-0.3, -0.25) is 14.9 Å². The molecular weight excluding hydrogens is 314 g/mol. The zero-order chi connectivity index (χ0) is 16.4. The molecule has 6 nitrogen and oxygen atoms in total. The van der Waals surface area contributed by atoms with Crippen molar-refractivity contribution in [3.05, 3.63) is 47.0 Å². The second-order valence-electron chi connectivity index (χ2n) is 5.36. The van der Waals surface area contributed by atoms with Crippen molar-refractivity contribution in [2.75, 3.05) is 19.0 Å². The van der Waals surface area contributed by atoms with Crippen molar-refractivity contribution in [2.45, 2.75) is 19.1 Å². The molecule has 0 aliphatic carbocycles. The lowest BCUT2D eigenvalue weighted by molar-refractivity contribution is -0.160. The summed E-state index contributed by atoms with van der Waals surface area (Å²) >= 11 is 1.40. The minimum absolute atomic E-state index is 0.102. The van der Waals surface area contributed by atoms with Gasteiger partial charge < -0.3 is 9.64 Å². The Morgan fingerprint density at radius 3 is 2.78 bits per heavy atom. The van der Waals surface area contributed by atoms with Crippen LogP contribution in [-0.2, 0) is 14.3 Å². The predicted octanol–water partition coefficient (Wildman–Crippen LogP) is 1.99. The first-order chi connectivity index (χ1) is 11.1. The van der Waals surface area contributed by atoms with E-state index in [0.717, 1.165) is 10.4 Å². The van der Waals surface area contributed by atoms with Gasteiger partial charge in [-0.2, -0.15) is 0 Å². The van der Waals surface area contributed by atoms with Crippen LogP contribution in [0.15, 0.2) is 36.5 Å². The monoisotopic (exact) mass is 331 g/mol. The number of hydrogen-bond donors (Lipinski definition) is 1. The van der Waals surface area contributed by atoms with Crippen LogP contribution >= 0.6 is 11.3 Å². The normalized spacial score (nSPS) is 21.3. The van der Waals surface area contributed by atoms with Crippen LogP contribution in [0.2, 0.25) is 0 Å². The van der Waals surface area contributed by atoms with Gasteiger partial charge in [0.15, 0.2) is 11.2 Å². The zero-order valence-electron chi connectivity index (χ0n) is 12.9. The van der Waals surface area contributed by atoms with Gasteiger partial charge in [-0.25, -0.2) is 4.98 Å². The van der Waals surface area contributed by atoms with E-state index in [0.29, 0.717) is 5.13 Å². The lowest BCUT2D eigenvalue weighted by atomic mass is 9.98. The fraction of sp³-hybridized carbons (Fsp3) is 0.312. The largest absolute Gasteiger partial charge is 0.356 e. The Balaban J connectivity index is 1.85. The summed E-state index contributed by atoms with van der Waals surface area (Å²) in [7, 11) is 1.69. The first-order valence-electron chi connectivity index (χ1n) is 7.22. The molecule has 1 aromatic carbocycles. The lowest BCUT2D eigenvalue weighted by Gasteiger charge is -2.38. The fourth-order valence-electron chi connectivity index (χ4n) is 2.57. The standard InChI is InChI=1S/C16H17N3O3S/c1-10-8-17-16(23-10)18-15(21)14-13(11-6-4-3-5-7-11)19(2)12(20)9-22-14/h3-8,13-14H,9H2,1-2H3,(H,17,18,21). The van der Waals surface area contributed by atoms with E-state index in [4.69, 9.17) is 4.74 Å². The molecule has 0 bridgehead atoms. The molecule has 1 N–H and O–H groups in total. The average Bonchev–Trinajstić information content (AvgIpc) is 2.95. The van der Waals surface area contributed by atoms with Crippen molar-refractivity contribution >= 4 is 28.3 Å². The maximum Gasteiger partial charge on any atom is 0.257 e. The summed E-state index contributed by atoms with van der Waals surface area (Å²) in [6.45, 7) is 1.82. The van der Waals surface area contributed by atoms with Crippen molar-refractivity contribution in [3.63, 3.8) is 0 Å². The van der Waals surface area contributed by atoms with Crippen LogP contribution in [0.25, 0.3) is 0 Å². The first-order valence-corrected chi connectivity index (χ1v) is 8.03. The van der Waals surface area contributed by atoms with E-state index in [1.807, 2.05) is 37.3 Å². The van der Waals surface area contributed by atoms with E-state index in [1.54, 1.807) is 18.1 Å². The Morgan fingerprint density at radius 2 is 2.13 bits per heavy atom. The minimum Gasteiger partial charge on any atom is -0.356 e. The summed E-state index contributed by atoms with van der Waals surface area (Å²) in [5.74, 6) is -0.444. The van der Waals surface area contributed by atoms with Crippen molar-refractivity contribution in [3.8, 4) is 0 Å². The molecule has 3 rings (SSSR count). The number of hydrogen-bond acceptors (Lipinski definition) is 5. The van der Waals surface area contributed by atoms with Gasteiger partial charge in [-0.1, -0.05) is 30.3 Å². The van der Waals surface area contributed by atoms with E-state index in [-0.39, 0.29) is 18.4 Å². The molecule has 2 amide bonds. The summed E-state index contributed by atoms with van der Waals surface area (Å²) in [5.41, 5.74) is 0.860. The van der Waals surface area contributed by atoms with Crippen molar-refractivity contribution in [1.29, 1.82) is 0 Å². The highest BCUT2D eigenvalue weighted by molar-refractivity contribution is 7.15. The third kappa shape index (κ3) is 3.25. The number of ether oxygens (including phenoxy) is 1. The number of likely N-dealkylation sites (N-methyl/N-ethyl adjacent to an activating group) is 1. The number of rotatable bonds is 3. The molecule has 1 aromatic heterocycles. The number of amides is 2. The number of nitrogens with one attached hydrogen (secondary N) is 1. The van der Waals surface area contributed by atoms with Crippen LogP contribution in [0.4, 0.5) is 5.13 Å². The third-order valence-electron chi connectivity index (χ3n) is 3.73. The van der Waals surface area contributed by atoms with Crippen LogP contribution in [-0.4, -0.2) is 41.5 Å². The first kappa shape index (κ1) is 15.6. The van der Waals surface area contributed by atoms with Crippen LogP contribution in [0.3, 0.4) is 0 Å². The summed E-state index contributed by atoms with van der Waals surface area (Å²) < 4.78 is 5.54. The van der Waals surface area contributed by atoms with Gasteiger partial charge in [0.25, 0.3) is 5.91 Å². The summed E-state index contributed by atoms with van der Waals surface area (Å²) in [6.07, 6.45) is 0.927. The third-order valence-corrected chi connectivity index (χ3v) is 4.56. The van der Waals surface area contributed by atoms with Crippen molar-refractivity contribution < 1.29 is 14.3 Å². The summed E-state index contributed by atoms with van der Waals surface area (Å²) in [5, 5.41) is 3.30. The number of benzene rings is 1.